The van der Waals surface area contributed by atoms with Gasteiger partial charge in [0.2, 0.25) is 5.91 Å². The molecule has 0 aliphatic rings. The Morgan fingerprint density at radius 2 is 1.62 bits per heavy atom. The molecule has 148 valence electrons. The Morgan fingerprint density at radius 3 is 2.31 bits per heavy atom. The number of benzene rings is 3. The van der Waals surface area contributed by atoms with Crippen molar-refractivity contribution in [3.05, 3.63) is 96.6 Å². The van der Waals surface area contributed by atoms with E-state index in [4.69, 9.17) is 10.5 Å². The highest BCUT2D eigenvalue weighted by Gasteiger charge is 2.21. The number of ether oxygens (including phenoxy) is 1. The van der Waals surface area contributed by atoms with Crippen molar-refractivity contribution in [2.45, 2.75) is 12.2 Å². The largest absolute Gasteiger partial charge is 0.508 e. The fourth-order valence-corrected chi connectivity index (χ4v) is 2.69. The fourth-order valence-electron chi connectivity index (χ4n) is 2.69. The number of anilines is 2. The Balaban J connectivity index is 1.78. The molecule has 29 heavy (non-hydrogen) atoms. The van der Waals surface area contributed by atoms with Crippen LogP contribution in [0.15, 0.2) is 91.0 Å². The molecule has 3 rings (SSSR count). The minimum Gasteiger partial charge on any atom is -0.508 e. The number of aromatic hydroxyl groups is 1. The van der Waals surface area contributed by atoms with Crippen LogP contribution in [-0.2, 0) is 4.79 Å². The molecule has 0 spiro atoms. The number of nitrogens with one attached hydrogen (secondary N) is 1. The quantitative estimate of drug-likeness (QED) is 0.364. The molecule has 0 bridgehead atoms. The van der Waals surface area contributed by atoms with Gasteiger partial charge in [0.1, 0.15) is 23.7 Å². The summed E-state index contributed by atoms with van der Waals surface area (Å²) < 4.78 is 5.88. The van der Waals surface area contributed by atoms with E-state index in [1.54, 1.807) is 48.5 Å². The van der Waals surface area contributed by atoms with E-state index in [1.165, 1.54) is 24.3 Å². The summed E-state index contributed by atoms with van der Waals surface area (Å²) >= 11 is 0. The van der Waals surface area contributed by atoms with Crippen LogP contribution >= 0.6 is 0 Å². The summed E-state index contributed by atoms with van der Waals surface area (Å²) in [4.78, 5) is 12.3. The van der Waals surface area contributed by atoms with E-state index in [9.17, 15) is 15.0 Å². The Kier molecular flexibility index (Phi) is 6.50. The van der Waals surface area contributed by atoms with Gasteiger partial charge in [-0.05, 0) is 48.0 Å². The number of aliphatic hydroxyl groups excluding tert-OH is 1. The number of para-hydroxylation sites is 3. The highest BCUT2D eigenvalue weighted by Crippen LogP contribution is 2.25. The average Bonchev–Trinajstić information content (AvgIpc) is 2.73. The van der Waals surface area contributed by atoms with Crippen LogP contribution in [0.5, 0.6) is 11.5 Å². The molecular weight excluding hydrogens is 368 g/mol. The average molecular weight is 390 g/mol. The zero-order chi connectivity index (χ0) is 20.6. The molecule has 6 nitrogen and oxygen atoms in total. The summed E-state index contributed by atoms with van der Waals surface area (Å²) in [5.74, 6) is 0.243. The molecule has 0 aromatic heterocycles. The third-order valence-electron chi connectivity index (χ3n) is 4.22. The van der Waals surface area contributed by atoms with Gasteiger partial charge in [0.05, 0.1) is 11.4 Å². The lowest BCUT2D eigenvalue weighted by Crippen LogP contribution is -2.24. The molecule has 0 aliphatic heterocycles. The zero-order valence-corrected chi connectivity index (χ0v) is 15.6. The molecule has 0 unspecified atom stereocenters. The van der Waals surface area contributed by atoms with Crippen molar-refractivity contribution in [1.29, 1.82) is 0 Å². The van der Waals surface area contributed by atoms with Crippen LogP contribution in [0.4, 0.5) is 11.4 Å². The van der Waals surface area contributed by atoms with Gasteiger partial charge in [-0.1, -0.05) is 42.5 Å². The Hall–Kier alpha value is -3.77. The van der Waals surface area contributed by atoms with Crippen LogP contribution in [0.1, 0.15) is 11.7 Å². The topological polar surface area (TPSA) is 105 Å². The van der Waals surface area contributed by atoms with Gasteiger partial charge < -0.3 is 26.0 Å². The second-order valence-corrected chi connectivity index (χ2v) is 6.37. The highest BCUT2D eigenvalue weighted by molar-refractivity contribution is 6.01. The van der Waals surface area contributed by atoms with E-state index >= 15 is 0 Å². The number of phenolic OH excluding ortho intramolecular Hbond substituents is 1. The van der Waals surface area contributed by atoms with E-state index in [0.29, 0.717) is 22.7 Å². The van der Waals surface area contributed by atoms with Crippen LogP contribution < -0.4 is 15.8 Å². The summed E-state index contributed by atoms with van der Waals surface area (Å²) in [5.41, 5.74) is 7.34. The van der Waals surface area contributed by atoms with E-state index in [1.807, 2.05) is 18.2 Å². The van der Waals surface area contributed by atoms with E-state index in [2.05, 4.69) is 5.32 Å². The number of amides is 1. The number of hydrogen-bond acceptors (Lipinski definition) is 5. The summed E-state index contributed by atoms with van der Waals surface area (Å²) in [7, 11) is 0. The van der Waals surface area contributed by atoms with Crippen molar-refractivity contribution in [2.24, 2.45) is 0 Å². The van der Waals surface area contributed by atoms with Gasteiger partial charge in [-0.25, -0.2) is 0 Å². The van der Waals surface area contributed by atoms with Crippen molar-refractivity contribution in [3.63, 3.8) is 0 Å². The van der Waals surface area contributed by atoms with Crippen molar-refractivity contribution >= 4 is 17.3 Å². The number of carbonyl (C=O) groups is 1. The summed E-state index contributed by atoms with van der Waals surface area (Å²) in [6, 6.07) is 22.1. The second-order valence-electron chi connectivity index (χ2n) is 6.37. The van der Waals surface area contributed by atoms with Gasteiger partial charge in [-0.15, -0.1) is 0 Å². The van der Waals surface area contributed by atoms with Gasteiger partial charge >= 0.3 is 0 Å². The lowest BCUT2D eigenvalue weighted by molar-refractivity contribution is -0.112. The number of nitrogen functional groups attached to an aromatic ring is 1. The first kappa shape index (κ1) is 20.0. The smallest absolute Gasteiger partial charge is 0.248 e. The molecule has 1 amide bonds. The minimum absolute atomic E-state index is 0.0943. The van der Waals surface area contributed by atoms with Crippen molar-refractivity contribution in [2.75, 3.05) is 11.1 Å². The van der Waals surface area contributed by atoms with Gasteiger partial charge in [0.25, 0.3) is 0 Å². The normalized spacial score (nSPS) is 13.0. The molecule has 0 heterocycles. The third kappa shape index (κ3) is 5.60. The van der Waals surface area contributed by atoms with Gasteiger partial charge in [0.15, 0.2) is 0 Å². The van der Waals surface area contributed by atoms with Crippen LogP contribution in [-0.4, -0.2) is 22.2 Å². The fraction of sp³-hybridized carbons (Fsp3) is 0.0870. The van der Waals surface area contributed by atoms with Crippen LogP contribution in [0.3, 0.4) is 0 Å². The van der Waals surface area contributed by atoms with Crippen LogP contribution in [0.2, 0.25) is 0 Å². The molecule has 3 aromatic rings. The minimum atomic E-state index is -1.05. The Bertz CT molecular complexity index is 972. The number of hydrogen-bond donors (Lipinski definition) is 4. The number of aliphatic hydroxyl groups is 1. The maximum Gasteiger partial charge on any atom is 0.248 e. The van der Waals surface area contributed by atoms with Gasteiger partial charge in [-0.2, -0.15) is 0 Å². The second kappa shape index (κ2) is 9.43. The van der Waals surface area contributed by atoms with Gasteiger partial charge in [-0.3, -0.25) is 4.79 Å². The van der Waals surface area contributed by atoms with Crippen molar-refractivity contribution < 1.29 is 19.7 Å². The van der Waals surface area contributed by atoms with Crippen molar-refractivity contribution in [1.82, 2.24) is 0 Å². The summed E-state index contributed by atoms with van der Waals surface area (Å²) in [6.07, 6.45) is 0.894. The standard InChI is InChI=1S/C23H22N2O4/c24-19-8-4-5-9-20(19)25-22(27)15-14-21(29-18-6-2-1-3-7-18)23(28)16-10-12-17(26)13-11-16/h1-15,21,23,26,28H,24H2,(H,25,27)/b15-14+/t21-,23-/m0/s1. The number of phenols is 1. The molecule has 3 aromatic carbocycles. The lowest BCUT2D eigenvalue weighted by Gasteiger charge is -2.22. The van der Waals surface area contributed by atoms with Crippen molar-refractivity contribution in [3.8, 4) is 11.5 Å². The summed E-state index contributed by atoms with van der Waals surface area (Å²) in [5, 5.41) is 22.9. The SMILES string of the molecule is Nc1ccccc1NC(=O)/C=C/[C@H](Oc1ccccc1)[C@@H](O)c1ccc(O)cc1. The predicted octanol–water partition coefficient (Wildman–Crippen LogP) is 3.65. The monoisotopic (exact) mass is 390 g/mol. The Labute approximate surface area is 168 Å². The Morgan fingerprint density at radius 1 is 0.966 bits per heavy atom. The first-order chi connectivity index (χ1) is 14.0. The van der Waals surface area contributed by atoms with Crippen LogP contribution in [0, 0.1) is 0 Å². The zero-order valence-electron chi connectivity index (χ0n) is 15.6. The lowest BCUT2D eigenvalue weighted by atomic mass is 10.0. The molecule has 0 fully saturated rings. The molecule has 0 saturated carbocycles. The number of rotatable bonds is 7. The third-order valence-corrected chi connectivity index (χ3v) is 4.22. The molecule has 0 radical (unpaired) electrons. The molecule has 0 saturated heterocycles. The maximum absolute atomic E-state index is 12.3. The summed E-state index contributed by atoms with van der Waals surface area (Å²) in [6.45, 7) is 0. The first-order valence-electron chi connectivity index (χ1n) is 9.05. The first-order valence-corrected chi connectivity index (χ1v) is 9.05. The van der Waals surface area contributed by atoms with E-state index in [0.717, 1.165) is 0 Å². The number of nitrogens with two attached hydrogens (primary N) is 1. The molecule has 5 N–H and O–H groups in total. The van der Waals surface area contributed by atoms with Crippen LogP contribution in [0.25, 0.3) is 0 Å². The maximum atomic E-state index is 12.3. The molecule has 2 atom stereocenters. The number of carbonyl (C=O) groups excluding carboxylic acids is 1. The predicted molar refractivity (Wildman–Crippen MR) is 113 cm³/mol. The molecule has 0 aliphatic carbocycles. The van der Waals surface area contributed by atoms with E-state index < -0.39 is 18.1 Å². The molecular formula is C23H22N2O4. The van der Waals surface area contributed by atoms with E-state index in [-0.39, 0.29) is 5.75 Å². The highest BCUT2D eigenvalue weighted by atomic mass is 16.5. The molecule has 6 heteroatoms. The van der Waals surface area contributed by atoms with Gasteiger partial charge in [0, 0.05) is 6.08 Å².